The number of amides is 2. The van der Waals surface area contributed by atoms with E-state index in [0.29, 0.717) is 27.8 Å². The summed E-state index contributed by atoms with van der Waals surface area (Å²) in [5.41, 5.74) is 0.832. The third-order valence-electron chi connectivity index (χ3n) is 3.97. The van der Waals surface area contributed by atoms with E-state index in [1.54, 1.807) is 18.2 Å². The molecule has 1 heterocycles. The minimum Gasteiger partial charge on any atom is -0.495 e. The van der Waals surface area contributed by atoms with Crippen LogP contribution < -0.4 is 20.1 Å². The highest BCUT2D eigenvalue weighted by Crippen LogP contribution is 2.36. The molecule has 0 saturated carbocycles. The largest absolute Gasteiger partial charge is 0.495 e. The molecule has 0 bridgehead atoms. The number of pyridine rings is 1. The standard InChI is InChI=1S/C19H22ClN3O4/c1-5-11(2)22-18(24)12-6-7-21-15(8-12)19(25)23-14-10-16(26-3)13(20)9-17(14)27-4/h6-11H,5H2,1-4H3,(H,22,24)(H,23,25). The molecule has 0 radical (unpaired) electrons. The van der Waals surface area contributed by atoms with Crippen molar-refractivity contribution < 1.29 is 19.1 Å². The van der Waals surface area contributed by atoms with Crippen LogP contribution in [-0.2, 0) is 0 Å². The number of rotatable bonds is 7. The first-order valence-electron chi connectivity index (χ1n) is 8.39. The highest BCUT2D eigenvalue weighted by atomic mass is 35.5. The minimum atomic E-state index is -0.490. The maximum absolute atomic E-state index is 12.6. The van der Waals surface area contributed by atoms with Gasteiger partial charge in [0, 0.05) is 29.9 Å². The molecule has 27 heavy (non-hydrogen) atoms. The first-order valence-corrected chi connectivity index (χ1v) is 8.77. The molecule has 2 aromatic rings. The average Bonchev–Trinajstić information content (AvgIpc) is 2.68. The molecule has 0 aliphatic carbocycles. The topological polar surface area (TPSA) is 89.6 Å². The Hall–Kier alpha value is -2.80. The van der Waals surface area contributed by atoms with Gasteiger partial charge in [-0.25, -0.2) is 0 Å². The zero-order valence-corrected chi connectivity index (χ0v) is 16.4. The van der Waals surface area contributed by atoms with E-state index < -0.39 is 5.91 Å². The van der Waals surface area contributed by atoms with Gasteiger partial charge >= 0.3 is 0 Å². The van der Waals surface area contributed by atoms with Crippen molar-refractivity contribution in [2.45, 2.75) is 26.3 Å². The Morgan fingerprint density at radius 1 is 1.15 bits per heavy atom. The number of methoxy groups -OCH3 is 2. The van der Waals surface area contributed by atoms with Gasteiger partial charge in [0.1, 0.15) is 17.2 Å². The second kappa shape index (κ2) is 9.23. The molecule has 0 saturated heterocycles. The van der Waals surface area contributed by atoms with E-state index in [2.05, 4.69) is 15.6 Å². The van der Waals surface area contributed by atoms with Gasteiger partial charge in [-0.1, -0.05) is 18.5 Å². The van der Waals surface area contributed by atoms with E-state index in [-0.39, 0.29) is 17.6 Å². The number of aromatic nitrogens is 1. The predicted molar refractivity (Wildman–Crippen MR) is 104 cm³/mol. The van der Waals surface area contributed by atoms with Gasteiger partial charge in [-0.05, 0) is 25.5 Å². The Bertz CT molecular complexity index is 842. The number of nitrogens with one attached hydrogen (secondary N) is 2. The lowest BCUT2D eigenvalue weighted by Crippen LogP contribution is -2.32. The second-order valence-electron chi connectivity index (χ2n) is 5.85. The number of anilines is 1. The Morgan fingerprint density at radius 2 is 1.85 bits per heavy atom. The summed E-state index contributed by atoms with van der Waals surface area (Å²) in [4.78, 5) is 28.9. The van der Waals surface area contributed by atoms with E-state index in [1.165, 1.54) is 26.5 Å². The van der Waals surface area contributed by atoms with Crippen molar-refractivity contribution >= 4 is 29.1 Å². The van der Waals surface area contributed by atoms with Gasteiger partial charge in [0.05, 0.1) is 24.9 Å². The van der Waals surface area contributed by atoms with Crippen molar-refractivity contribution in [3.63, 3.8) is 0 Å². The SMILES string of the molecule is CCC(C)NC(=O)c1ccnc(C(=O)Nc2cc(OC)c(Cl)cc2OC)c1. The maximum Gasteiger partial charge on any atom is 0.274 e. The van der Waals surface area contributed by atoms with Gasteiger partial charge in [-0.15, -0.1) is 0 Å². The number of halogens is 1. The summed E-state index contributed by atoms with van der Waals surface area (Å²) in [7, 11) is 2.94. The molecule has 0 aliphatic heterocycles. The second-order valence-corrected chi connectivity index (χ2v) is 6.26. The van der Waals surface area contributed by atoms with Gasteiger partial charge < -0.3 is 20.1 Å². The molecular weight excluding hydrogens is 370 g/mol. The molecule has 2 rings (SSSR count). The van der Waals surface area contributed by atoms with Crippen molar-refractivity contribution in [1.29, 1.82) is 0 Å². The molecule has 0 spiro atoms. The molecule has 144 valence electrons. The molecule has 2 N–H and O–H groups in total. The van der Waals surface area contributed by atoms with Crippen molar-refractivity contribution in [2.24, 2.45) is 0 Å². The number of benzene rings is 1. The van der Waals surface area contributed by atoms with Gasteiger partial charge in [0.2, 0.25) is 0 Å². The molecule has 0 aliphatic rings. The van der Waals surface area contributed by atoms with E-state index in [9.17, 15) is 9.59 Å². The lowest BCUT2D eigenvalue weighted by atomic mass is 10.1. The Balaban J connectivity index is 2.24. The van der Waals surface area contributed by atoms with Gasteiger partial charge in [0.15, 0.2) is 0 Å². The predicted octanol–water partition coefficient (Wildman–Crippen LogP) is 3.53. The number of hydrogen-bond donors (Lipinski definition) is 2. The van der Waals surface area contributed by atoms with Crippen LogP contribution in [0.3, 0.4) is 0 Å². The number of nitrogens with zero attached hydrogens (tertiary/aromatic N) is 1. The van der Waals surface area contributed by atoms with Crippen molar-refractivity contribution in [2.75, 3.05) is 19.5 Å². The van der Waals surface area contributed by atoms with E-state index in [0.717, 1.165) is 6.42 Å². The molecule has 1 aromatic heterocycles. The number of ether oxygens (including phenoxy) is 2. The summed E-state index contributed by atoms with van der Waals surface area (Å²) in [5, 5.41) is 5.91. The number of hydrogen-bond acceptors (Lipinski definition) is 5. The first kappa shape index (κ1) is 20.5. The van der Waals surface area contributed by atoms with Gasteiger partial charge in [0.25, 0.3) is 11.8 Å². The fourth-order valence-corrected chi connectivity index (χ4v) is 2.48. The normalized spacial score (nSPS) is 11.4. The zero-order chi connectivity index (χ0) is 20.0. The molecule has 7 nitrogen and oxygen atoms in total. The van der Waals surface area contributed by atoms with Crippen LogP contribution >= 0.6 is 11.6 Å². The Kier molecular flexibility index (Phi) is 7.01. The van der Waals surface area contributed by atoms with Crippen molar-refractivity contribution in [1.82, 2.24) is 10.3 Å². The third-order valence-corrected chi connectivity index (χ3v) is 4.26. The smallest absolute Gasteiger partial charge is 0.274 e. The average molecular weight is 392 g/mol. The summed E-state index contributed by atoms with van der Waals surface area (Å²) in [6, 6.07) is 6.12. The fraction of sp³-hybridized carbons (Fsp3) is 0.316. The van der Waals surface area contributed by atoms with Crippen molar-refractivity contribution in [3.05, 3.63) is 46.7 Å². The monoisotopic (exact) mass is 391 g/mol. The highest BCUT2D eigenvalue weighted by molar-refractivity contribution is 6.32. The Labute approximate surface area is 163 Å². The van der Waals surface area contributed by atoms with Crippen LogP contribution in [0.25, 0.3) is 0 Å². The summed E-state index contributed by atoms with van der Waals surface area (Å²) in [6.45, 7) is 3.89. The lowest BCUT2D eigenvalue weighted by molar-refractivity contribution is 0.0939. The third kappa shape index (κ3) is 5.10. The summed E-state index contributed by atoms with van der Waals surface area (Å²) >= 11 is 6.07. The number of carbonyl (C=O) groups is 2. The van der Waals surface area contributed by atoms with Crippen molar-refractivity contribution in [3.8, 4) is 11.5 Å². The maximum atomic E-state index is 12.6. The van der Waals surface area contributed by atoms with Gasteiger partial charge in [-0.3, -0.25) is 14.6 Å². The molecule has 8 heteroatoms. The quantitative estimate of drug-likeness (QED) is 0.753. The van der Waals surface area contributed by atoms with Crippen LogP contribution in [0.2, 0.25) is 5.02 Å². The van der Waals surface area contributed by atoms with Crippen LogP contribution in [0.4, 0.5) is 5.69 Å². The summed E-state index contributed by atoms with van der Waals surface area (Å²) in [6.07, 6.45) is 2.22. The van der Waals surface area contributed by atoms with Crippen LogP contribution in [-0.4, -0.2) is 37.1 Å². The molecule has 1 aromatic carbocycles. The van der Waals surface area contributed by atoms with E-state index >= 15 is 0 Å². The number of carbonyl (C=O) groups excluding carboxylic acids is 2. The van der Waals surface area contributed by atoms with E-state index in [4.69, 9.17) is 21.1 Å². The zero-order valence-electron chi connectivity index (χ0n) is 15.6. The van der Waals surface area contributed by atoms with Crippen LogP contribution in [0.15, 0.2) is 30.5 Å². The molecular formula is C19H22ClN3O4. The lowest BCUT2D eigenvalue weighted by Gasteiger charge is -2.14. The first-order chi connectivity index (χ1) is 12.9. The van der Waals surface area contributed by atoms with Crippen LogP contribution in [0.5, 0.6) is 11.5 Å². The Morgan fingerprint density at radius 3 is 2.48 bits per heavy atom. The summed E-state index contributed by atoms with van der Waals surface area (Å²) in [5.74, 6) is 0.0182. The minimum absolute atomic E-state index is 0.0359. The summed E-state index contributed by atoms with van der Waals surface area (Å²) < 4.78 is 10.4. The van der Waals surface area contributed by atoms with E-state index in [1.807, 2.05) is 13.8 Å². The molecule has 1 atom stereocenters. The highest BCUT2D eigenvalue weighted by Gasteiger charge is 2.16. The van der Waals surface area contributed by atoms with Crippen LogP contribution in [0.1, 0.15) is 41.1 Å². The molecule has 2 amide bonds. The van der Waals surface area contributed by atoms with Gasteiger partial charge in [-0.2, -0.15) is 0 Å². The molecule has 1 unspecified atom stereocenters. The van der Waals surface area contributed by atoms with Crippen LogP contribution in [0, 0.1) is 0 Å². The fourth-order valence-electron chi connectivity index (χ4n) is 2.25. The molecule has 0 fully saturated rings.